The molecule has 1 N–H and O–H groups in total. The number of hydrogen-bond donors (Lipinski definition) is 1. The summed E-state index contributed by atoms with van der Waals surface area (Å²) in [5, 5.41) is 8.54. The van der Waals surface area contributed by atoms with Crippen molar-refractivity contribution in [1.82, 2.24) is 0 Å². The number of benzene rings is 2. The normalized spacial score (nSPS) is 10.7. The van der Waals surface area contributed by atoms with Crippen LogP contribution in [-0.2, 0) is 13.2 Å². The van der Waals surface area contributed by atoms with Gasteiger partial charge in [0.25, 0.3) is 0 Å². The van der Waals surface area contributed by atoms with Gasteiger partial charge >= 0.3 is 0 Å². The van der Waals surface area contributed by atoms with Crippen molar-refractivity contribution >= 4 is 0 Å². The molecule has 0 radical (unpaired) electrons. The van der Waals surface area contributed by atoms with Crippen molar-refractivity contribution in [2.24, 2.45) is 0 Å². The number of halogens is 1. The predicted octanol–water partition coefficient (Wildman–Crippen LogP) is 4.37. The zero-order valence-electron chi connectivity index (χ0n) is 20.2. The monoisotopic (exact) mass is 447 g/mol. The van der Waals surface area contributed by atoms with Crippen LogP contribution in [0.1, 0.15) is 82.3 Å². The molecule has 0 aromatic heterocycles. The summed E-state index contributed by atoms with van der Waals surface area (Å²) in [5.74, 6) is 0. The minimum atomic E-state index is 0. The van der Waals surface area contributed by atoms with Gasteiger partial charge in [-0.1, -0.05) is 119 Å². The minimum Gasteiger partial charge on any atom is -1.00 e. The average Bonchev–Trinajstić information content (AvgIpc) is 2.76. The lowest BCUT2D eigenvalue weighted by molar-refractivity contribution is -0.903. The Morgan fingerprint density at radius 3 is 1.45 bits per heavy atom. The summed E-state index contributed by atoms with van der Waals surface area (Å²) < 4.78 is 1.11. The number of nitrogens with zero attached hydrogens (tertiary/aromatic N) is 1. The van der Waals surface area contributed by atoms with Crippen LogP contribution in [0.3, 0.4) is 0 Å². The first-order valence-corrected chi connectivity index (χ1v) is 12.1. The van der Waals surface area contributed by atoms with Gasteiger partial charge in [0.2, 0.25) is 0 Å². The highest BCUT2D eigenvalue weighted by Crippen LogP contribution is 2.14. The van der Waals surface area contributed by atoms with E-state index < -0.39 is 0 Å². The molecule has 0 aliphatic carbocycles. The largest absolute Gasteiger partial charge is 1.00 e. The standard InChI is InChI=1S/C21H38N.C7H8O.ClH/c1-4-5-6-7-8-9-10-11-12-16-19-22(2,3)20-21-17-14-13-15-18-21;8-6-7-4-2-1-3-5-7;/h13-15,17-18H,4-12,16,19-20H2,1-3H3;1-5,8H,6H2;1H/q+1;;/p-1. The van der Waals surface area contributed by atoms with Gasteiger partial charge in [-0.15, -0.1) is 0 Å². The predicted molar refractivity (Wildman–Crippen MR) is 131 cm³/mol. The molecule has 0 heterocycles. The van der Waals surface area contributed by atoms with Crippen LogP contribution in [-0.4, -0.2) is 30.2 Å². The van der Waals surface area contributed by atoms with Crippen LogP contribution in [0.2, 0.25) is 0 Å². The van der Waals surface area contributed by atoms with Gasteiger partial charge in [0.15, 0.2) is 0 Å². The molecule has 3 heteroatoms. The number of rotatable bonds is 14. The summed E-state index contributed by atoms with van der Waals surface area (Å²) in [7, 11) is 4.72. The smallest absolute Gasteiger partial charge is 0.104 e. The zero-order chi connectivity index (χ0) is 21.9. The van der Waals surface area contributed by atoms with Crippen LogP contribution in [0, 0.1) is 0 Å². The molecule has 31 heavy (non-hydrogen) atoms. The lowest BCUT2D eigenvalue weighted by Crippen LogP contribution is -3.00. The summed E-state index contributed by atoms with van der Waals surface area (Å²) in [6.07, 6.45) is 14.2. The number of unbranched alkanes of at least 4 members (excludes halogenated alkanes) is 9. The molecule has 0 aliphatic rings. The van der Waals surface area contributed by atoms with E-state index in [1.807, 2.05) is 30.3 Å². The fraction of sp³-hybridized carbons (Fsp3) is 0.571. The summed E-state index contributed by atoms with van der Waals surface area (Å²) >= 11 is 0. The van der Waals surface area contributed by atoms with Crippen molar-refractivity contribution in [1.29, 1.82) is 0 Å². The van der Waals surface area contributed by atoms with E-state index in [9.17, 15) is 0 Å². The number of quaternary nitrogens is 1. The van der Waals surface area contributed by atoms with Gasteiger partial charge in [0, 0.05) is 5.56 Å². The molecule has 2 rings (SSSR count). The van der Waals surface area contributed by atoms with Crippen LogP contribution in [0.25, 0.3) is 0 Å². The minimum absolute atomic E-state index is 0. The van der Waals surface area contributed by atoms with Crippen LogP contribution < -0.4 is 12.4 Å². The SMILES string of the molecule is CCCCCCCCCCCC[N+](C)(C)Cc1ccccc1.OCc1ccccc1.[Cl-]. The van der Waals surface area contributed by atoms with E-state index in [1.54, 1.807) is 0 Å². The second-order valence-electron chi connectivity index (χ2n) is 9.13. The van der Waals surface area contributed by atoms with E-state index in [4.69, 9.17) is 5.11 Å². The molecule has 0 amide bonds. The highest BCUT2D eigenvalue weighted by molar-refractivity contribution is 5.13. The highest BCUT2D eigenvalue weighted by atomic mass is 35.5. The third-order valence-corrected chi connectivity index (χ3v) is 5.60. The summed E-state index contributed by atoms with van der Waals surface area (Å²) in [5.41, 5.74) is 2.42. The molecule has 0 aliphatic heterocycles. The number of aliphatic hydroxyl groups excluding tert-OH is 1. The number of hydrogen-bond acceptors (Lipinski definition) is 1. The lowest BCUT2D eigenvalue weighted by Gasteiger charge is -2.30. The van der Waals surface area contributed by atoms with Crippen molar-refractivity contribution in [3.05, 3.63) is 71.8 Å². The van der Waals surface area contributed by atoms with Crippen LogP contribution >= 0.6 is 0 Å². The van der Waals surface area contributed by atoms with Gasteiger partial charge in [-0.3, -0.25) is 0 Å². The highest BCUT2D eigenvalue weighted by Gasteiger charge is 2.14. The maximum absolute atomic E-state index is 8.54. The molecule has 2 aromatic rings. The molecule has 2 aromatic carbocycles. The first-order chi connectivity index (χ1) is 14.6. The second kappa shape index (κ2) is 19.3. The van der Waals surface area contributed by atoms with Gasteiger partial charge in [-0.05, 0) is 18.4 Å². The fourth-order valence-electron chi connectivity index (χ4n) is 3.77. The van der Waals surface area contributed by atoms with Crippen molar-refractivity contribution in [3.8, 4) is 0 Å². The Balaban J connectivity index is 0.000000838. The molecule has 0 unspecified atom stereocenters. The van der Waals surface area contributed by atoms with E-state index >= 15 is 0 Å². The Labute approximate surface area is 198 Å². The second-order valence-corrected chi connectivity index (χ2v) is 9.13. The Morgan fingerprint density at radius 2 is 1.03 bits per heavy atom. The van der Waals surface area contributed by atoms with Gasteiger partial charge < -0.3 is 22.0 Å². The van der Waals surface area contributed by atoms with Gasteiger partial charge in [-0.25, -0.2) is 0 Å². The molecule has 0 saturated heterocycles. The summed E-state index contributed by atoms with van der Waals surface area (Å²) in [4.78, 5) is 0. The molecule has 0 fully saturated rings. The first kappa shape index (κ1) is 29.7. The molecule has 2 nitrogen and oxygen atoms in total. The average molecular weight is 448 g/mol. The quantitative estimate of drug-likeness (QED) is 0.337. The van der Waals surface area contributed by atoms with Crippen LogP contribution in [0.15, 0.2) is 60.7 Å². The third-order valence-electron chi connectivity index (χ3n) is 5.60. The third kappa shape index (κ3) is 16.9. The first-order valence-electron chi connectivity index (χ1n) is 12.1. The maximum Gasteiger partial charge on any atom is 0.104 e. The zero-order valence-corrected chi connectivity index (χ0v) is 21.0. The Kier molecular flexibility index (Phi) is 18.5. The number of aliphatic hydroxyl groups is 1. The van der Waals surface area contributed by atoms with Crippen LogP contribution in [0.4, 0.5) is 0 Å². The van der Waals surface area contributed by atoms with E-state index in [0.29, 0.717) is 0 Å². The molecule has 0 spiro atoms. The van der Waals surface area contributed by atoms with Gasteiger partial charge in [0.1, 0.15) is 6.54 Å². The van der Waals surface area contributed by atoms with Crippen molar-refractivity contribution < 1.29 is 22.0 Å². The Hall–Kier alpha value is -1.35. The Bertz CT molecular complexity index is 615. The topological polar surface area (TPSA) is 20.2 Å². The fourth-order valence-corrected chi connectivity index (χ4v) is 3.77. The maximum atomic E-state index is 8.54. The van der Waals surface area contributed by atoms with Crippen molar-refractivity contribution in [2.75, 3.05) is 20.6 Å². The molecule has 0 bridgehead atoms. The molecule has 0 saturated carbocycles. The molecule has 0 atom stereocenters. The Morgan fingerprint density at radius 1 is 0.613 bits per heavy atom. The molecular formula is C28H46ClNO. The van der Waals surface area contributed by atoms with E-state index in [2.05, 4.69) is 51.4 Å². The van der Waals surface area contributed by atoms with Gasteiger partial charge in [-0.2, -0.15) is 0 Å². The van der Waals surface area contributed by atoms with E-state index in [1.165, 1.54) is 76.3 Å². The van der Waals surface area contributed by atoms with Crippen molar-refractivity contribution in [3.63, 3.8) is 0 Å². The van der Waals surface area contributed by atoms with E-state index in [0.717, 1.165) is 16.6 Å². The van der Waals surface area contributed by atoms with E-state index in [-0.39, 0.29) is 19.0 Å². The lowest BCUT2D eigenvalue weighted by atomic mass is 10.1. The molecular weight excluding hydrogens is 402 g/mol. The summed E-state index contributed by atoms with van der Waals surface area (Å²) in [6, 6.07) is 20.4. The molecule has 176 valence electrons. The summed E-state index contributed by atoms with van der Waals surface area (Å²) in [6.45, 7) is 4.88. The van der Waals surface area contributed by atoms with Crippen LogP contribution in [0.5, 0.6) is 0 Å². The van der Waals surface area contributed by atoms with Crippen molar-refractivity contribution in [2.45, 2.75) is 84.3 Å². The van der Waals surface area contributed by atoms with Gasteiger partial charge in [0.05, 0.1) is 27.2 Å².